The van der Waals surface area contributed by atoms with Crippen LogP contribution in [0, 0.1) is 17.4 Å². The van der Waals surface area contributed by atoms with E-state index in [9.17, 15) is 4.79 Å². The molecule has 3 aromatic carbocycles. The van der Waals surface area contributed by atoms with Gasteiger partial charge < -0.3 is 15.6 Å². The van der Waals surface area contributed by atoms with Gasteiger partial charge in [0.15, 0.2) is 0 Å². The molecule has 5 nitrogen and oxygen atoms in total. The van der Waals surface area contributed by atoms with Crippen LogP contribution in [0.2, 0.25) is 0 Å². The zero-order chi connectivity index (χ0) is 21.2. The monoisotopic (exact) mass is 401 g/mol. The van der Waals surface area contributed by atoms with Gasteiger partial charge in [-0.05, 0) is 59.7 Å². The molecule has 1 aliphatic rings. The number of rotatable bonds is 4. The minimum absolute atomic E-state index is 0.164. The lowest BCUT2D eigenvalue weighted by Gasteiger charge is -2.10. The highest BCUT2D eigenvalue weighted by atomic mass is 16.2. The molecule has 0 fully saturated rings. The summed E-state index contributed by atoms with van der Waals surface area (Å²) in [5, 5.41) is 15.3. The van der Waals surface area contributed by atoms with E-state index in [1.165, 1.54) is 0 Å². The zero-order valence-electron chi connectivity index (χ0n) is 16.4. The maximum Gasteiger partial charge on any atom is 0.256 e. The first-order valence-electron chi connectivity index (χ1n) is 9.79. The van der Waals surface area contributed by atoms with Crippen LogP contribution in [0.4, 0.5) is 17.1 Å². The number of aromatic nitrogens is 1. The number of benzene rings is 3. The number of hydrogen-bond donors (Lipinski definition) is 3. The molecule has 147 valence electrons. The lowest BCUT2D eigenvalue weighted by atomic mass is 10.0. The fourth-order valence-corrected chi connectivity index (χ4v) is 3.65. The van der Waals surface area contributed by atoms with E-state index in [2.05, 4.69) is 46.0 Å². The van der Waals surface area contributed by atoms with E-state index in [4.69, 9.17) is 5.26 Å². The minimum atomic E-state index is -0.164. The maximum absolute atomic E-state index is 12.5. The van der Waals surface area contributed by atoms with Gasteiger partial charge in [-0.25, -0.2) is 0 Å². The summed E-state index contributed by atoms with van der Waals surface area (Å²) in [7, 11) is 0. The molecule has 0 bridgehead atoms. The lowest BCUT2D eigenvalue weighted by molar-refractivity contribution is -0.110. The average molecular weight is 401 g/mol. The molecule has 2 heterocycles. The number of hydrogen-bond acceptors (Lipinski definition) is 3. The minimum Gasteiger partial charge on any atom is -0.360 e. The van der Waals surface area contributed by atoms with Gasteiger partial charge >= 0.3 is 0 Å². The molecular weight excluding hydrogens is 384 g/mol. The Balaban J connectivity index is 1.41. The van der Waals surface area contributed by atoms with Crippen LogP contribution in [0.15, 0.2) is 79.0 Å². The van der Waals surface area contributed by atoms with Crippen molar-refractivity contribution < 1.29 is 4.79 Å². The molecule has 5 rings (SSSR count). The largest absolute Gasteiger partial charge is 0.360 e. The Morgan fingerprint density at radius 2 is 1.87 bits per heavy atom. The van der Waals surface area contributed by atoms with Crippen LogP contribution in [0.3, 0.4) is 0 Å². The van der Waals surface area contributed by atoms with Crippen LogP contribution in [0.1, 0.15) is 16.8 Å². The molecule has 1 aliphatic heterocycles. The van der Waals surface area contributed by atoms with Gasteiger partial charge in [0, 0.05) is 28.8 Å². The Labute approximate surface area is 179 Å². The first-order valence-corrected chi connectivity index (χ1v) is 9.79. The number of fused-ring (bicyclic) bond motifs is 1. The molecule has 1 radical (unpaired) electrons. The summed E-state index contributed by atoms with van der Waals surface area (Å²) < 4.78 is 0. The number of nitriles is 1. The van der Waals surface area contributed by atoms with Gasteiger partial charge in [0.25, 0.3) is 5.91 Å². The normalized spacial score (nSPS) is 13.5. The molecule has 5 heteroatoms. The number of carbonyl (C=O) groups is 1. The third-order valence-corrected chi connectivity index (χ3v) is 5.13. The predicted octanol–water partition coefficient (Wildman–Crippen LogP) is 5.59. The zero-order valence-corrected chi connectivity index (χ0v) is 16.4. The Bertz CT molecular complexity index is 1360. The molecule has 1 amide bonds. The van der Waals surface area contributed by atoms with E-state index in [1.807, 2.05) is 48.5 Å². The standard InChI is InChI=1S/C26H17N4O/c27-15-17-11-22(28-16-17)13-24-23-10-9-21(14-25(23)30-26(24)31)29-20-8-4-7-19(12-20)18-5-2-1-3-6-18/h1-2,4-14,16,28-29H,(H,30,31). The fraction of sp³-hybridized carbons (Fsp3) is 0. The predicted molar refractivity (Wildman–Crippen MR) is 122 cm³/mol. The second kappa shape index (κ2) is 7.69. The number of nitrogens with one attached hydrogen (secondary N) is 3. The molecule has 31 heavy (non-hydrogen) atoms. The maximum atomic E-state index is 12.5. The van der Waals surface area contributed by atoms with Gasteiger partial charge in [-0.3, -0.25) is 4.79 Å². The molecule has 0 unspecified atom stereocenters. The van der Waals surface area contributed by atoms with Crippen molar-refractivity contribution >= 4 is 34.6 Å². The van der Waals surface area contributed by atoms with Crippen molar-refractivity contribution in [3.8, 4) is 17.2 Å². The van der Waals surface area contributed by atoms with Crippen LogP contribution in [-0.2, 0) is 4.79 Å². The van der Waals surface area contributed by atoms with Crippen LogP contribution < -0.4 is 10.6 Å². The highest BCUT2D eigenvalue weighted by molar-refractivity contribution is 6.35. The van der Waals surface area contributed by atoms with Gasteiger partial charge in [0.1, 0.15) is 6.07 Å². The van der Waals surface area contributed by atoms with Gasteiger partial charge in [-0.1, -0.05) is 36.4 Å². The van der Waals surface area contributed by atoms with E-state index in [0.29, 0.717) is 16.8 Å². The molecule has 4 aromatic rings. The second-order valence-electron chi connectivity index (χ2n) is 7.23. The number of carbonyl (C=O) groups excluding carboxylic acids is 1. The molecule has 3 N–H and O–H groups in total. The third-order valence-electron chi connectivity index (χ3n) is 5.13. The summed E-state index contributed by atoms with van der Waals surface area (Å²) in [6, 6.07) is 28.7. The number of H-pyrrole nitrogens is 1. The van der Waals surface area contributed by atoms with Crippen molar-refractivity contribution in [2.45, 2.75) is 0 Å². The molecule has 0 saturated heterocycles. The van der Waals surface area contributed by atoms with Gasteiger partial charge in [-0.15, -0.1) is 0 Å². The highest BCUT2D eigenvalue weighted by Crippen LogP contribution is 2.36. The molecular formula is C26H17N4O. The summed E-state index contributed by atoms with van der Waals surface area (Å²) in [4.78, 5) is 15.5. The first kappa shape index (κ1) is 18.5. The number of aromatic amines is 1. The van der Waals surface area contributed by atoms with Gasteiger partial charge in [-0.2, -0.15) is 5.26 Å². The van der Waals surface area contributed by atoms with Crippen LogP contribution in [0.25, 0.3) is 22.8 Å². The molecule has 1 aromatic heterocycles. The Kier molecular flexibility index (Phi) is 4.58. The number of nitrogens with zero attached hydrogens (tertiary/aromatic N) is 1. The number of anilines is 3. The highest BCUT2D eigenvalue weighted by Gasteiger charge is 2.24. The smallest absolute Gasteiger partial charge is 0.256 e. The van der Waals surface area contributed by atoms with Crippen LogP contribution >= 0.6 is 0 Å². The average Bonchev–Trinajstić information content (AvgIpc) is 3.38. The molecule has 0 spiro atoms. The molecule has 0 aliphatic carbocycles. The summed E-state index contributed by atoms with van der Waals surface area (Å²) in [5.74, 6) is -0.164. The summed E-state index contributed by atoms with van der Waals surface area (Å²) in [6.45, 7) is 0. The van der Waals surface area contributed by atoms with Crippen molar-refractivity contribution in [3.05, 3.63) is 102 Å². The SMILES string of the molecule is N#Cc1c[nH]c(C=C2C(=O)Nc3cc(Nc4cccc(-c5c[c]ccc5)c4)ccc32)c1. The Morgan fingerprint density at radius 1 is 1.00 bits per heavy atom. The third kappa shape index (κ3) is 3.70. The Hall–Kier alpha value is -4.56. The summed E-state index contributed by atoms with van der Waals surface area (Å²) in [6.07, 6.45) is 3.38. The Morgan fingerprint density at radius 3 is 2.68 bits per heavy atom. The van der Waals surface area contributed by atoms with Crippen molar-refractivity contribution in [3.63, 3.8) is 0 Å². The fourth-order valence-electron chi connectivity index (χ4n) is 3.65. The van der Waals surface area contributed by atoms with Crippen molar-refractivity contribution in [1.29, 1.82) is 5.26 Å². The summed E-state index contributed by atoms with van der Waals surface area (Å²) >= 11 is 0. The lowest BCUT2D eigenvalue weighted by Crippen LogP contribution is -2.03. The van der Waals surface area contributed by atoms with E-state index < -0.39 is 0 Å². The van der Waals surface area contributed by atoms with Gasteiger partial charge in [0.05, 0.1) is 16.8 Å². The van der Waals surface area contributed by atoms with Crippen molar-refractivity contribution in [2.24, 2.45) is 0 Å². The first-order chi connectivity index (χ1) is 15.2. The van der Waals surface area contributed by atoms with E-state index in [-0.39, 0.29) is 5.91 Å². The van der Waals surface area contributed by atoms with Crippen molar-refractivity contribution in [1.82, 2.24) is 4.98 Å². The molecule has 0 atom stereocenters. The quantitative estimate of drug-likeness (QED) is 0.390. The topological polar surface area (TPSA) is 80.7 Å². The van der Waals surface area contributed by atoms with E-state index >= 15 is 0 Å². The van der Waals surface area contributed by atoms with Gasteiger partial charge in [0.2, 0.25) is 0 Å². The van der Waals surface area contributed by atoms with E-state index in [0.717, 1.165) is 33.8 Å². The number of amides is 1. The second-order valence-corrected chi connectivity index (χ2v) is 7.23. The van der Waals surface area contributed by atoms with Crippen LogP contribution in [-0.4, -0.2) is 10.9 Å². The molecule has 0 saturated carbocycles. The van der Waals surface area contributed by atoms with E-state index in [1.54, 1.807) is 18.3 Å². The van der Waals surface area contributed by atoms with Crippen molar-refractivity contribution in [2.75, 3.05) is 10.6 Å². The van der Waals surface area contributed by atoms with Crippen LogP contribution in [0.5, 0.6) is 0 Å². The summed E-state index contributed by atoms with van der Waals surface area (Å²) in [5.41, 5.74) is 7.43.